The van der Waals surface area contributed by atoms with Crippen LogP contribution in [0.25, 0.3) is 0 Å². The van der Waals surface area contributed by atoms with Crippen molar-refractivity contribution in [1.29, 1.82) is 0 Å². The number of nitrogens with two attached hydrogens (primary N) is 1. The Kier molecular flexibility index (Phi) is 4.55. The van der Waals surface area contributed by atoms with Crippen LogP contribution in [0.5, 0.6) is 0 Å². The first-order valence-electron chi connectivity index (χ1n) is 6.77. The van der Waals surface area contributed by atoms with Crippen molar-refractivity contribution >= 4 is 0 Å². The van der Waals surface area contributed by atoms with Gasteiger partial charge in [-0.15, -0.1) is 0 Å². The van der Waals surface area contributed by atoms with Crippen LogP contribution in [0.4, 0.5) is 4.39 Å². The lowest BCUT2D eigenvalue weighted by Crippen LogP contribution is -2.56. The van der Waals surface area contributed by atoms with Crippen molar-refractivity contribution in [1.82, 2.24) is 4.90 Å². The lowest BCUT2D eigenvalue weighted by atomic mass is 9.91. The summed E-state index contributed by atoms with van der Waals surface area (Å²) < 4.78 is 18.6. The lowest BCUT2D eigenvalue weighted by molar-refractivity contribution is 0.0104. The molecular weight excluding hydrogens is 243 g/mol. The molecule has 0 aliphatic heterocycles. The number of likely N-dealkylation sites (N-methyl/N-ethyl adjacent to an activating group) is 1. The van der Waals surface area contributed by atoms with E-state index in [2.05, 4.69) is 11.9 Å². The van der Waals surface area contributed by atoms with E-state index in [1.165, 1.54) is 18.9 Å². The second kappa shape index (κ2) is 5.99. The molecule has 106 valence electrons. The molecule has 0 heterocycles. The SMILES string of the molecule is COCC(CN)(C1CC1)N(C)Cc1cccc(F)c1. The Labute approximate surface area is 114 Å². The van der Waals surface area contributed by atoms with Crippen LogP contribution in [-0.4, -0.2) is 37.7 Å². The minimum atomic E-state index is -0.192. The fourth-order valence-corrected chi connectivity index (χ4v) is 2.86. The van der Waals surface area contributed by atoms with Crippen molar-refractivity contribution in [3.63, 3.8) is 0 Å². The highest BCUT2D eigenvalue weighted by Gasteiger charge is 2.47. The number of nitrogens with zero attached hydrogens (tertiary/aromatic N) is 1. The number of ether oxygens (including phenoxy) is 1. The highest BCUT2D eigenvalue weighted by Crippen LogP contribution is 2.43. The average molecular weight is 266 g/mol. The zero-order valence-corrected chi connectivity index (χ0v) is 11.7. The largest absolute Gasteiger partial charge is 0.383 e. The average Bonchev–Trinajstić information content (AvgIpc) is 3.20. The normalized spacial score (nSPS) is 18.6. The molecule has 3 nitrogen and oxygen atoms in total. The number of hydrogen-bond acceptors (Lipinski definition) is 3. The monoisotopic (exact) mass is 266 g/mol. The number of halogens is 1. The van der Waals surface area contributed by atoms with Crippen LogP contribution in [0, 0.1) is 11.7 Å². The maximum Gasteiger partial charge on any atom is 0.123 e. The molecule has 1 unspecified atom stereocenters. The standard InChI is InChI=1S/C15H23FN2O/c1-18(9-12-4-3-5-14(16)8-12)15(10-17,11-19-2)13-6-7-13/h3-5,8,13H,6-7,9-11,17H2,1-2H3. The van der Waals surface area contributed by atoms with Crippen molar-refractivity contribution in [2.24, 2.45) is 11.7 Å². The second-order valence-corrected chi connectivity index (χ2v) is 5.50. The molecule has 1 aliphatic carbocycles. The van der Waals surface area contributed by atoms with E-state index in [-0.39, 0.29) is 11.4 Å². The maximum absolute atomic E-state index is 13.2. The van der Waals surface area contributed by atoms with Crippen LogP contribution in [0.1, 0.15) is 18.4 Å². The molecule has 1 saturated carbocycles. The van der Waals surface area contributed by atoms with Crippen molar-refractivity contribution in [2.45, 2.75) is 24.9 Å². The molecule has 0 amide bonds. The Hall–Kier alpha value is -0.970. The van der Waals surface area contributed by atoms with Crippen LogP contribution >= 0.6 is 0 Å². The summed E-state index contributed by atoms with van der Waals surface area (Å²) in [6.07, 6.45) is 2.40. The van der Waals surface area contributed by atoms with Gasteiger partial charge in [0.1, 0.15) is 5.82 Å². The van der Waals surface area contributed by atoms with Gasteiger partial charge in [0.2, 0.25) is 0 Å². The molecule has 0 bridgehead atoms. The third kappa shape index (κ3) is 3.14. The van der Waals surface area contributed by atoms with Gasteiger partial charge in [0, 0.05) is 20.2 Å². The first-order valence-corrected chi connectivity index (χ1v) is 6.77. The quantitative estimate of drug-likeness (QED) is 0.820. The molecule has 0 radical (unpaired) electrons. The number of rotatable bonds is 7. The fourth-order valence-electron chi connectivity index (χ4n) is 2.86. The molecule has 2 rings (SSSR count). The Bertz CT molecular complexity index is 422. The smallest absolute Gasteiger partial charge is 0.123 e. The first kappa shape index (κ1) is 14.4. The van der Waals surface area contributed by atoms with Crippen LogP contribution < -0.4 is 5.73 Å². The van der Waals surface area contributed by atoms with Gasteiger partial charge >= 0.3 is 0 Å². The lowest BCUT2D eigenvalue weighted by Gasteiger charge is -2.41. The van der Waals surface area contributed by atoms with Gasteiger partial charge in [0.05, 0.1) is 12.1 Å². The van der Waals surface area contributed by atoms with E-state index in [1.807, 2.05) is 6.07 Å². The fraction of sp³-hybridized carbons (Fsp3) is 0.600. The summed E-state index contributed by atoms with van der Waals surface area (Å²) >= 11 is 0. The minimum Gasteiger partial charge on any atom is -0.383 e. The molecule has 0 aromatic heterocycles. The topological polar surface area (TPSA) is 38.5 Å². The van der Waals surface area contributed by atoms with E-state index < -0.39 is 0 Å². The molecule has 1 aromatic rings. The number of methoxy groups -OCH3 is 1. The summed E-state index contributed by atoms with van der Waals surface area (Å²) in [4.78, 5) is 2.23. The zero-order valence-electron chi connectivity index (χ0n) is 11.7. The van der Waals surface area contributed by atoms with Gasteiger partial charge in [-0.1, -0.05) is 12.1 Å². The molecule has 2 N–H and O–H groups in total. The molecule has 0 spiro atoms. The summed E-state index contributed by atoms with van der Waals surface area (Å²) in [5.74, 6) is 0.401. The van der Waals surface area contributed by atoms with Crippen molar-refractivity contribution in [2.75, 3.05) is 27.3 Å². The summed E-state index contributed by atoms with van der Waals surface area (Å²) in [7, 11) is 3.76. The molecule has 1 fully saturated rings. The Morgan fingerprint density at radius 2 is 2.21 bits per heavy atom. The van der Waals surface area contributed by atoms with Crippen LogP contribution in [0.15, 0.2) is 24.3 Å². The Morgan fingerprint density at radius 1 is 1.47 bits per heavy atom. The highest BCUT2D eigenvalue weighted by molar-refractivity contribution is 5.17. The van der Waals surface area contributed by atoms with Gasteiger partial charge in [-0.25, -0.2) is 4.39 Å². The molecule has 1 aliphatic rings. The molecule has 1 atom stereocenters. The first-order chi connectivity index (χ1) is 9.12. The predicted molar refractivity (Wildman–Crippen MR) is 74.3 cm³/mol. The van der Waals surface area contributed by atoms with E-state index >= 15 is 0 Å². The maximum atomic E-state index is 13.2. The third-order valence-corrected chi connectivity index (χ3v) is 4.15. The third-order valence-electron chi connectivity index (χ3n) is 4.15. The Morgan fingerprint density at radius 3 is 2.74 bits per heavy atom. The van der Waals surface area contributed by atoms with Crippen molar-refractivity contribution in [3.8, 4) is 0 Å². The van der Waals surface area contributed by atoms with Gasteiger partial charge < -0.3 is 10.5 Å². The van der Waals surface area contributed by atoms with E-state index in [9.17, 15) is 4.39 Å². The minimum absolute atomic E-state index is 0.124. The summed E-state index contributed by atoms with van der Waals surface area (Å²) in [5.41, 5.74) is 6.87. The Balaban J connectivity index is 2.13. The molecular formula is C15H23FN2O. The molecule has 19 heavy (non-hydrogen) atoms. The molecule has 4 heteroatoms. The van der Waals surface area contributed by atoms with Gasteiger partial charge in [0.25, 0.3) is 0 Å². The highest BCUT2D eigenvalue weighted by atomic mass is 19.1. The van der Waals surface area contributed by atoms with Crippen LogP contribution in [-0.2, 0) is 11.3 Å². The summed E-state index contributed by atoms with van der Waals surface area (Å²) in [5, 5.41) is 0. The van der Waals surface area contributed by atoms with Gasteiger partial charge in [-0.2, -0.15) is 0 Å². The predicted octanol–water partition coefficient (Wildman–Crippen LogP) is 2.01. The zero-order chi connectivity index (χ0) is 13.9. The van der Waals surface area contributed by atoms with E-state index in [4.69, 9.17) is 10.5 Å². The summed E-state index contributed by atoms with van der Waals surface area (Å²) in [6, 6.07) is 6.74. The van der Waals surface area contributed by atoms with Crippen LogP contribution in [0.3, 0.4) is 0 Å². The number of hydrogen-bond donors (Lipinski definition) is 1. The number of benzene rings is 1. The van der Waals surface area contributed by atoms with E-state index in [0.29, 0.717) is 25.6 Å². The molecule has 0 saturated heterocycles. The van der Waals surface area contributed by atoms with Gasteiger partial charge in [-0.3, -0.25) is 4.90 Å². The van der Waals surface area contributed by atoms with E-state index in [1.54, 1.807) is 19.2 Å². The van der Waals surface area contributed by atoms with Crippen molar-refractivity contribution in [3.05, 3.63) is 35.6 Å². The van der Waals surface area contributed by atoms with Crippen molar-refractivity contribution < 1.29 is 9.13 Å². The van der Waals surface area contributed by atoms with Gasteiger partial charge in [0.15, 0.2) is 0 Å². The van der Waals surface area contributed by atoms with Gasteiger partial charge in [-0.05, 0) is 43.5 Å². The van der Waals surface area contributed by atoms with Crippen LogP contribution in [0.2, 0.25) is 0 Å². The molecule has 1 aromatic carbocycles. The van der Waals surface area contributed by atoms with E-state index in [0.717, 1.165) is 5.56 Å². The second-order valence-electron chi connectivity index (χ2n) is 5.50. The summed E-state index contributed by atoms with van der Waals surface area (Å²) in [6.45, 7) is 1.88.